The fraction of sp³-hybridized carbons (Fsp3) is 0.404. The van der Waals surface area contributed by atoms with Gasteiger partial charge < -0.3 is 24.2 Å². The number of halogens is 6. The van der Waals surface area contributed by atoms with Crippen molar-refractivity contribution >= 4 is 42.3 Å². The molecule has 1 aliphatic carbocycles. The molecule has 3 aromatic carbocycles. The fourth-order valence-corrected chi connectivity index (χ4v) is 13.7. The van der Waals surface area contributed by atoms with Crippen molar-refractivity contribution in [1.82, 2.24) is 0 Å². The van der Waals surface area contributed by atoms with Crippen LogP contribution in [0.25, 0.3) is 6.08 Å². The lowest BCUT2D eigenvalue weighted by Gasteiger charge is -2.44. The molecule has 0 unspecified atom stereocenters. The maximum Gasteiger partial charge on any atom is 0.416 e. The van der Waals surface area contributed by atoms with Gasteiger partial charge in [-0.25, -0.2) is 4.90 Å². The molecule has 1 fully saturated rings. The Labute approximate surface area is 357 Å². The number of amides is 2. The molecule has 0 radical (unpaired) electrons. The van der Waals surface area contributed by atoms with Gasteiger partial charge in [-0.2, -0.15) is 26.3 Å². The number of carbonyl (C=O) groups excluding carboxylic acids is 2. The Bertz CT molecular complexity index is 2210. The number of carbonyl (C=O) groups is 2. The monoisotopic (exact) mass is 883 g/mol. The minimum Gasteiger partial charge on any atom is -0.459 e. The fourth-order valence-electron chi connectivity index (χ4n) is 9.20. The third-order valence-corrected chi connectivity index (χ3v) is 16.9. The molecule has 6 rings (SSSR count). The number of hydrogen-bond acceptors (Lipinski definition) is 7. The van der Waals surface area contributed by atoms with Crippen molar-refractivity contribution in [3.05, 3.63) is 130 Å². The minimum atomic E-state index is -5.24. The number of imide groups is 1. The summed E-state index contributed by atoms with van der Waals surface area (Å²) in [6.45, 7) is 6.92. The normalized spacial score (nSPS) is 19.7. The highest BCUT2D eigenvalue weighted by Crippen LogP contribution is 2.49. The second-order valence-electron chi connectivity index (χ2n) is 17.0. The highest BCUT2D eigenvalue weighted by atomic mass is 28.4. The van der Waals surface area contributed by atoms with Crippen LogP contribution in [0.3, 0.4) is 0 Å². The van der Waals surface area contributed by atoms with Crippen LogP contribution in [0.4, 0.5) is 32.0 Å². The molecule has 1 aromatic heterocycles. The topological polar surface area (TPSA) is 120 Å². The minimum absolute atomic E-state index is 0.0763. The van der Waals surface area contributed by atoms with Gasteiger partial charge in [0, 0.05) is 5.92 Å². The molecule has 3 N–H and O–H groups in total. The third kappa shape index (κ3) is 9.42. The molecule has 332 valence electrons. The standard InChI is InChI=1S/C47H51F6NO7Si/c1-5-12-29(21-34-18-19-35(26-55)61-34)17-20-40(57)41-30(28-60-62(45(2,3)4,36-13-8-6-9-14-36)37-15-10-7-11-16-37)22-38-42(39(41)27-56)44(59)54(43(38)58)33-24-31(46(48,49)50)23-32(25-33)47(51,52)53/h6-11,13-16,18-19,21,23-25,38-40,42,55-57H,5,12,17,20,22,26-28H2,1-4H3/b29-21+/t38-,39+,40-,42-/m1/s1. The van der Waals surface area contributed by atoms with E-state index in [2.05, 4.69) is 20.8 Å². The average Bonchev–Trinajstić information content (AvgIpc) is 3.79. The SMILES string of the molecule is CCC/C(=C\c1ccc(CO)o1)CC[C@@H](O)C1=C(CO[Si](c2ccccc2)(c2ccccc2)C(C)(C)C)C[C@H]2C(=O)N(c3cc(C(F)(F)F)cc(C(F)(F)F)c3)C(=O)[C@H]2[C@H]1CO. The van der Waals surface area contributed by atoms with Crippen LogP contribution in [0.5, 0.6) is 0 Å². The molecule has 4 atom stereocenters. The summed E-state index contributed by atoms with van der Waals surface area (Å²) in [6.07, 6.45) is -8.42. The lowest BCUT2D eigenvalue weighted by molar-refractivity contribution is -0.143. The molecule has 0 saturated carbocycles. The van der Waals surface area contributed by atoms with Gasteiger partial charge in [0.2, 0.25) is 11.8 Å². The molecule has 0 bridgehead atoms. The van der Waals surface area contributed by atoms with Crippen LogP contribution in [0.2, 0.25) is 5.04 Å². The summed E-state index contributed by atoms with van der Waals surface area (Å²) >= 11 is 0. The first-order valence-corrected chi connectivity index (χ1v) is 22.5. The number of aliphatic hydroxyl groups is 3. The number of hydrogen-bond donors (Lipinski definition) is 3. The quantitative estimate of drug-likeness (QED) is 0.0473. The lowest BCUT2D eigenvalue weighted by atomic mass is 9.68. The van der Waals surface area contributed by atoms with Crippen molar-refractivity contribution < 1.29 is 60.1 Å². The zero-order chi connectivity index (χ0) is 45.2. The molecule has 0 spiro atoms. The van der Waals surface area contributed by atoms with Crippen LogP contribution in [0.1, 0.15) is 82.4 Å². The third-order valence-electron chi connectivity index (χ3n) is 11.9. The summed E-state index contributed by atoms with van der Waals surface area (Å²) in [7, 11) is -3.29. The van der Waals surface area contributed by atoms with E-state index in [1.165, 1.54) is 0 Å². The Morgan fingerprint density at radius 3 is 1.92 bits per heavy atom. The lowest BCUT2D eigenvalue weighted by Crippen LogP contribution is -2.66. The van der Waals surface area contributed by atoms with Gasteiger partial charge in [0.05, 0.1) is 48.0 Å². The molecule has 62 heavy (non-hydrogen) atoms. The van der Waals surface area contributed by atoms with Crippen LogP contribution in [-0.2, 0) is 33.0 Å². The summed E-state index contributed by atoms with van der Waals surface area (Å²) in [4.78, 5) is 29.1. The highest BCUT2D eigenvalue weighted by Gasteiger charge is 2.57. The van der Waals surface area contributed by atoms with Crippen LogP contribution in [0.15, 0.2) is 112 Å². The van der Waals surface area contributed by atoms with E-state index in [1.54, 1.807) is 12.1 Å². The summed E-state index contributed by atoms with van der Waals surface area (Å²) < 4.78 is 96.9. The molecule has 1 saturated heterocycles. The first-order chi connectivity index (χ1) is 29.2. The van der Waals surface area contributed by atoms with Crippen molar-refractivity contribution in [3.63, 3.8) is 0 Å². The zero-order valence-corrected chi connectivity index (χ0v) is 35.9. The number of alkyl halides is 6. The second-order valence-corrected chi connectivity index (χ2v) is 21.3. The van der Waals surface area contributed by atoms with Gasteiger partial charge in [-0.3, -0.25) is 9.59 Å². The number of allylic oxidation sites excluding steroid dienone is 1. The van der Waals surface area contributed by atoms with E-state index in [-0.39, 0.29) is 37.7 Å². The van der Waals surface area contributed by atoms with Crippen LogP contribution < -0.4 is 15.3 Å². The molecular weight excluding hydrogens is 833 g/mol. The number of fused-ring (bicyclic) bond motifs is 1. The van der Waals surface area contributed by atoms with Crippen molar-refractivity contribution in [2.75, 3.05) is 18.1 Å². The zero-order valence-electron chi connectivity index (χ0n) is 34.9. The van der Waals surface area contributed by atoms with Crippen molar-refractivity contribution in [2.45, 2.75) is 89.9 Å². The van der Waals surface area contributed by atoms with Crippen molar-refractivity contribution in [1.29, 1.82) is 0 Å². The summed E-state index contributed by atoms with van der Waals surface area (Å²) in [5, 5.41) is 34.2. The molecule has 4 aromatic rings. The largest absolute Gasteiger partial charge is 0.459 e. The van der Waals surface area contributed by atoms with E-state index in [1.807, 2.05) is 73.7 Å². The van der Waals surface area contributed by atoms with Gasteiger partial charge in [0.15, 0.2) is 0 Å². The van der Waals surface area contributed by atoms with Crippen LogP contribution in [0, 0.1) is 17.8 Å². The maximum atomic E-state index is 14.4. The van der Waals surface area contributed by atoms with E-state index in [0.29, 0.717) is 47.0 Å². The summed E-state index contributed by atoms with van der Waals surface area (Å²) in [6, 6.07) is 23.3. The van der Waals surface area contributed by atoms with Crippen molar-refractivity contribution in [3.8, 4) is 0 Å². The van der Waals surface area contributed by atoms with E-state index in [4.69, 9.17) is 8.84 Å². The Hall–Kier alpha value is -4.80. The van der Waals surface area contributed by atoms with Gasteiger partial charge in [-0.05, 0) is 88.6 Å². The number of anilines is 1. The number of benzene rings is 3. The van der Waals surface area contributed by atoms with Gasteiger partial charge in [0.1, 0.15) is 18.1 Å². The van der Waals surface area contributed by atoms with Gasteiger partial charge >= 0.3 is 12.4 Å². The molecule has 15 heteroatoms. The molecule has 1 aliphatic heterocycles. The Balaban J connectivity index is 1.46. The predicted octanol–water partition coefficient (Wildman–Crippen LogP) is 8.83. The molecule has 8 nitrogen and oxygen atoms in total. The number of furan rings is 1. The first-order valence-electron chi connectivity index (χ1n) is 20.6. The van der Waals surface area contributed by atoms with Gasteiger partial charge in [-0.1, -0.05) is 100 Å². The first kappa shape index (κ1) is 46.7. The van der Waals surface area contributed by atoms with Crippen LogP contribution in [-0.4, -0.2) is 54.8 Å². The van der Waals surface area contributed by atoms with E-state index < -0.39 is 84.8 Å². The van der Waals surface area contributed by atoms with Gasteiger partial charge in [-0.15, -0.1) is 0 Å². The number of aliphatic hydroxyl groups excluding tert-OH is 3. The molecule has 2 amide bonds. The van der Waals surface area contributed by atoms with E-state index >= 15 is 0 Å². The molecular formula is C47H51F6NO7Si. The number of rotatable bonds is 15. The average molecular weight is 884 g/mol. The summed E-state index contributed by atoms with van der Waals surface area (Å²) in [5.41, 5.74) is -2.73. The predicted molar refractivity (Wildman–Crippen MR) is 224 cm³/mol. The van der Waals surface area contributed by atoms with E-state index in [0.717, 1.165) is 22.4 Å². The second kappa shape index (κ2) is 18.5. The smallest absolute Gasteiger partial charge is 0.416 e. The molecule has 2 heterocycles. The summed E-state index contributed by atoms with van der Waals surface area (Å²) in [5.74, 6) is -5.18. The highest BCUT2D eigenvalue weighted by molar-refractivity contribution is 6.99. The molecule has 2 aliphatic rings. The van der Waals surface area contributed by atoms with Gasteiger partial charge in [0.25, 0.3) is 8.32 Å². The van der Waals surface area contributed by atoms with E-state index in [9.17, 15) is 51.3 Å². The Morgan fingerprint density at radius 1 is 0.855 bits per heavy atom. The maximum absolute atomic E-state index is 14.4. The van der Waals surface area contributed by atoms with Crippen LogP contribution >= 0.6 is 0 Å². The Kier molecular flexibility index (Phi) is 13.9. The van der Waals surface area contributed by atoms with Crippen molar-refractivity contribution in [2.24, 2.45) is 17.8 Å². The Morgan fingerprint density at radius 2 is 1.44 bits per heavy atom. The number of nitrogens with zero attached hydrogens (tertiary/aromatic N) is 1.